The quantitative estimate of drug-likeness (QED) is 0.770. The molecule has 0 amide bonds. The predicted molar refractivity (Wildman–Crippen MR) is 73.2 cm³/mol. The van der Waals surface area contributed by atoms with Crippen molar-refractivity contribution in [2.75, 3.05) is 23.7 Å². The monoisotopic (exact) mass is 248 g/mol. The predicted octanol–water partition coefficient (Wildman–Crippen LogP) is 3.57. The van der Waals surface area contributed by atoms with E-state index in [1.807, 2.05) is 6.07 Å². The van der Waals surface area contributed by atoms with Crippen molar-refractivity contribution in [2.45, 2.75) is 38.5 Å². The summed E-state index contributed by atoms with van der Waals surface area (Å²) in [4.78, 5) is 2.29. The lowest BCUT2D eigenvalue weighted by Crippen LogP contribution is -2.56. The Kier molecular flexibility index (Phi) is 2.92. The Labute approximate surface area is 108 Å². The SMILES string of the molecule is Nc1ccc(N2CC3(CCCCCC3)C2)cc1F. The fraction of sp³-hybridized carbons (Fsp3) is 0.600. The molecule has 1 heterocycles. The highest BCUT2D eigenvalue weighted by Gasteiger charge is 2.42. The molecule has 1 saturated carbocycles. The molecule has 18 heavy (non-hydrogen) atoms. The molecule has 98 valence electrons. The van der Waals surface area contributed by atoms with Gasteiger partial charge < -0.3 is 10.6 Å². The van der Waals surface area contributed by atoms with Crippen molar-refractivity contribution in [3.8, 4) is 0 Å². The van der Waals surface area contributed by atoms with E-state index < -0.39 is 0 Å². The number of rotatable bonds is 1. The highest BCUT2D eigenvalue weighted by Crippen LogP contribution is 2.44. The van der Waals surface area contributed by atoms with E-state index in [2.05, 4.69) is 4.90 Å². The van der Waals surface area contributed by atoms with Crippen LogP contribution in [0.3, 0.4) is 0 Å². The van der Waals surface area contributed by atoms with Crippen LogP contribution < -0.4 is 10.6 Å². The van der Waals surface area contributed by atoms with E-state index in [1.165, 1.54) is 38.5 Å². The summed E-state index contributed by atoms with van der Waals surface area (Å²) >= 11 is 0. The zero-order valence-corrected chi connectivity index (χ0v) is 10.8. The molecule has 3 heteroatoms. The van der Waals surface area contributed by atoms with E-state index in [-0.39, 0.29) is 11.5 Å². The average molecular weight is 248 g/mol. The van der Waals surface area contributed by atoms with Crippen LogP contribution in [0, 0.1) is 11.2 Å². The van der Waals surface area contributed by atoms with Crippen LogP contribution in [-0.4, -0.2) is 13.1 Å². The minimum absolute atomic E-state index is 0.239. The lowest BCUT2D eigenvalue weighted by Gasteiger charge is -2.51. The first kappa shape index (κ1) is 11.8. The minimum atomic E-state index is -0.297. The Bertz CT molecular complexity index is 428. The van der Waals surface area contributed by atoms with Gasteiger partial charge in [-0.3, -0.25) is 0 Å². The number of nitrogens with zero attached hydrogens (tertiary/aromatic N) is 1. The molecule has 1 aromatic carbocycles. The molecule has 3 rings (SSSR count). The highest BCUT2D eigenvalue weighted by atomic mass is 19.1. The molecule has 1 spiro atoms. The zero-order valence-electron chi connectivity index (χ0n) is 10.8. The van der Waals surface area contributed by atoms with Crippen LogP contribution in [0.15, 0.2) is 18.2 Å². The third-order valence-electron chi connectivity index (χ3n) is 4.57. The molecule has 1 saturated heterocycles. The van der Waals surface area contributed by atoms with Gasteiger partial charge in [-0.15, -0.1) is 0 Å². The Hall–Kier alpha value is -1.25. The van der Waals surface area contributed by atoms with Crippen LogP contribution in [0.25, 0.3) is 0 Å². The maximum Gasteiger partial charge on any atom is 0.148 e. The molecule has 0 atom stereocenters. The van der Waals surface area contributed by atoms with Gasteiger partial charge in [0.05, 0.1) is 5.69 Å². The second kappa shape index (κ2) is 4.45. The van der Waals surface area contributed by atoms with Crippen LogP contribution in [-0.2, 0) is 0 Å². The van der Waals surface area contributed by atoms with Gasteiger partial charge in [0.25, 0.3) is 0 Å². The van der Waals surface area contributed by atoms with Crippen molar-refractivity contribution in [3.05, 3.63) is 24.0 Å². The van der Waals surface area contributed by atoms with Gasteiger partial charge in [0.2, 0.25) is 0 Å². The van der Waals surface area contributed by atoms with Crippen LogP contribution in [0.4, 0.5) is 15.8 Å². The Morgan fingerprint density at radius 3 is 2.33 bits per heavy atom. The van der Waals surface area contributed by atoms with Gasteiger partial charge in [0.1, 0.15) is 5.82 Å². The molecular formula is C15H21FN2. The second-order valence-electron chi connectivity index (χ2n) is 5.98. The van der Waals surface area contributed by atoms with Crippen molar-refractivity contribution in [1.82, 2.24) is 0 Å². The first-order chi connectivity index (χ1) is 8.69. The molecule has 0 unspecified atom stereocenters. The number of hydrogen-bond acceptors (Lipinski definition) is 2. The highest BCUT2D eigenvalue weighted by molar-refractivity contribution is 5.56. The van der Waals surface area contributed by atoms with Crippen LogP contribution in [0.2, 0.25) is 0 Å². The fourth-order valence-corrected chi connectivity index (χ4v) is 3.45. The molecule has 1 aliphatic heterocycles. The number of benzene rings is 1. The van der Waals surface area contributed by atoms with Crippen LogP contribution >= 0.6 is 0 Å². The summed E-state index contributed by atoms with van der Waals surface area (Å²) in [6.07, 6.45) is 8.20. The Morgan fingerprint density at radius 1 is 1.06 bits per heavy atom. The van der Waals surface area contributed by atoms with Gasteiger partial charge in [-0.05, 0) is 31.0 Å². The van der Waals surface area contributed by atoms with Crippen molar-refractivity contribution in [1.29, 1.82) is 0 Å². The maximum atomic E-state index is 13.4. The number of hydrogen-bond donors (Lipinski definition) is 1. The van der Waals surface area contributed by atoms with E-state index in [0.29, 0.717) is 5.41 Å². The van der Waals surface area contributed by atoms with Crippen molar-refractivity contribution in [3.63, 3.8) is 0 Å². The van der Waals surface area contributed by atoms with E-state index in [4.69, 9.17) is 5.73 Å². The lowest BCUT2D eigenvalue weighted by molar-refractivity contribution is 0.180. The maximum absolute atomic E-state index is 13.4. The third kappa shape index (κ3) is 2.06. The normalized spacial score (nSPS) is 22.6. The topological polar surface area (TPSA) is 29.3 Å². The minimum Gasteiger partial charge on any atom is -0.396 e. The van der Waals surface area contributed by atoms with Crippen LogP contribution in [0.5, 0.6) is 0 Å². The summed E-state index contributed by atoms with van der Waals surface area (Å²) in [5.41, 5.74) is 7.26. The molecule has 0 radical (unpaired) electrons. The molecular weight excluding hydrogens is 227 g/mol. The van der Waals surface area contributed by atoms with Gasteiger partial charge in [-0.2, -0.15) is 0 Å². The number of halogens is 1. The summed E-state index contributed by atoms with van der Waals surface area (Å²) < 4.78 is 13.4. The molecule has 2 N–H and O–H groups in total. The molecule has 1 aromatic rings. The smallest absolute Gasteiger partial charge is 0.148 e. The summed E-state index contributed by atoms with van der Waals surface area (Å²) in [5.74, 6) is -0.297. The first-order valence-electron chi connectivity index (χ1n) is 6.99. The van der Waals surface area contributed by atoms with Crippen molar-refractivity contribution in [2.24, 2.45) is 5.41 Å². The van der Waals surface area contributed by atoms with Crippen molar-refractivity contribution >= 4 is 11.4 Å². The number of nitrogen functional groups attached to an aromatic ring is 1. The van der Waals surface area contributed by atoms with Gasteiger partial charge >= 0.3 is 0 Å². The van der Waals surface area contributed by atoms with E-state index in [0.717, 1.165) is 18.8 Å². The molecule has 0 bridgehead atoms. The fourth-order valence-electron chi connectivity index (χ4n) is 3.45. The Morgan fingerprint density at radius 2 is 1.72 bits per heavy atom. The number of anilines is 2. The van der Waals surface area contributed by atoms with E-state index in [9.17, 15) is 4.39 Å². The van der Waals surface area contributed by atoms with Gasteiger partial charge in [-0.1, -0.05) is 25.7 Å². The second-order valence-corrected chi connectivity index (χ2v) is 5.98. The lowest BCUT2D eigenvalue weighted by atomic mass is 9.73. The largest absolute Gasteiger partial charge is 0.396 e. The van der Waals surface area contributed by atoms with E-state index in [1.54, 1.807) is 12.1 Å². The number of nitrogens with two attached hydrogens (primary N) is 1. The van der Waals surface area contributed by atoms with E-state index >= 15 is 0 Å². The molecule has 2 aliphatic rings. The molecule has 2 fully saturated rings. The summed E-state index contributed by atoms with van der Waals surface area (Å²) in [6, 6.07) is 5.17. The molecule has 1 aliphatic carbocycles. The summed E-state index contributed by atoms with van der Waals surface area (Å²) in [7, 11) is 0. The van der Waals surface area contributed by atoms with Gasteiger partial charge in [-0.25, -0.2) is 4.39 Å². The van der Waals surface area contributed by atoms with Crippen molar-refractivity contribution < 1.29 is 4.39 Å². The van der Waals surface area contributed by atoms with Crippen LogP contribution in [0.1, 0.15) is 38.5 Å². The van der Waals surface area contributed by atoms with Gasteiger partial charge in [0, 0.05) is 24.2 Å². The molecule has 0 aromatic heterocycles. The van der Waals surface area contributed by atoms with Gasteiger partial charge in [0.15, 0.2) is 0 Å². The third-order valence-corrected chi connectivity index (χ3v) is 4.57. The summed E-state index contributed by atoms with van der Waals surface area (Å²) in [5, 5.41) is 0. The average Bonchev–Trinajstić information content (AvgIpc) is 2.56. The first-order valence-corrected chi connectivity index (χ1v) is 6.99. The Balaban J connectivity index is 1.68. The molecule has 2 nitrogen and oxygen atoms in total. The summed E-state index contributed by atoms with van der Waals surface area (Å²) in [6.45, 7) is 2.19. The standard InChI is InChI=1S/C15H21FN2/c16-13-9-12(5-6-14(13)17)18-10-15(11-18)7-3-1-2-4-8-15/h5-6,9H,1-4,7-8,10-11,17H2. The zero-order chi connectivity index (χ0) is 12.6.